The zero-order valence-corrected chi connectivity index (χ0v) is 8.47. The Hall–Kier alpha value is -1.33. The Morgan fingerprint density at radius 2 is 1.93 bits per heavy atom. The van der Waals surface area contributed by atoms with Gasteiger partial charge >= 0.3 is 6.98 Å². The van der Waals surface area contributed by atoms with E-state index in [1.807, 2.05) is 0 Å². The smallest absolute Gasteiger partial charge is 0.497 e. The van der Waals surface area contributed by atoms with Crippen molar-refractivity contribution < 1.29 is 22.4 Å². The first kappa shape index (κ1) is 11.7. The van der Waals surface area contributed by atoms with Crippen LogP contribution in [0.2, 0.25) is 0 Å². The number of hydrogen-bond acceptors (Lipinski definition) is 2. The zero-order valence-electron chi connectivity index (χ0n) is 8.47. The van der Waals surface area contributed by atoms with Gasteiger partial charge in [-0.25, -0.2) is 0 Å². The molecule has 0 saturated heterocycles. The predicted molar refractivity (Wildman–Crippen MR) is 52.9 cm³/mol. The van der Waals surface area contributed by atoms with Gasteiger partial charge in [0.05, 0.1) is 19.5 Å². The van der Waals surface area contributed by atoms with Crippen molar-refractivity contribution in [3.8, 4) is 11.5 Å². The van der Waals surface area contributed by atoms with Crippen molar-refractivity contribution in [3.63, 3.8) is 0 Å². The van der Waals surface area contributed by atoms with Crippen molar-refractivity contribution in [3.05, 3.63) is 18.2 Å². The number of rotatable bonds is 4. The maximum absolute atomic E-state index is 12.6. The average Bonchev–Trinajstić information content (AvgIpc) is 2.17. The number of halogens is 3. The lowest BCUT2D eigenvalue weighted by Gasteiger charge is -2.20. The molecule has 0 aliphatic heterocycles. The van der Waals surface area contributed by atoms with Gasteiger partial charge in [0, 0.05) is 0 Å². The normalized spacial score (nSPS) is 11.3. The van der Waals surface area contributed by atoms with Gasteiger partial charge in [0.1, 0.15) is 5.75 Å². The molecule has 1 rings (SSSR count). The maximum Gasteiger partial charge on any atom is 0.513 e. The maximum atomic E-state index is 12.6. The molecule has 1 aromatic carbocycles. The van der Waals surface area contributed by atoms with E-state index in [2.05, 4.69) is 0 Å². The van der Waals surface area contributed by atoms with Crippen molar-refractivity contribution in [2.45, 2.75) is 6.92 Å². The second kappa shape index (κ2) is 4.46. The molecular formula is C9H11BF3O2-. The van der Waals surface area contributed by atoms with Crippen LogP contribution >= 0.6 is 0 Å². The second-order valence-electron chi connectivity index (χ2n) is 2.91. The Morgan fingerprint density at radius 3 is 2.40 bits per heavy atom. The van der Waals surface area contributed by atoms with Gasteiger partial charge in [-0.3, -0.25) is 0 Å². The molecule has 0 spiro atoms. The largest absolute Gasteiger partial charge is 0.513 e. The van der Waals surface area contributed by atoms with E-state index in [4.69, 9.17) is 9.47 Å². The molecule has 0 atom stereocenters. The summed E-state index contributed by atoms with van der Waals surface area (Å²) in [6.45, 7) is -3.24. The van der Waals surface area contributed by atoms with E-state index in [1.165, 1.54) is 19.2 Å². The van der Waals surface area contributed by atoms with Gasteiger partial charge in [0.25, 0.3) is 0 Å². The van der Waals surface area contributed by atoms with Gasteiger partial charge in [-0.1, -0.05) is 5.46 Å². The molecule has 0 radical (unpaired) electrons. The number of methoxy groups -OCH3 is 1. The predicted octanol–water partition coefficient (Wildman–Crippen LogP) is 2.15. The highest BCUT2D eigenvalue weighted by Crippen LogP contribution is 2.22. The minimum absolute atomic E-state index is 0.147. The Morgan fingerprint density at radius 1 is 1.27 bits per heavy atom. The molecule has 15 heavy (non-hydrogen) atoms. The van der Waals surface area contributed by atoms with Gasteiger partial charge in [-0.2, -0.15) is 0 Å². The quantitative estimate of drug-likeness (QED) is 0.722. The Labute approximate surface area is 86.1 Å². The van der Waals surface area contributed by atoms with Crippen LogP contribution in [-0.2, 0) is 0 Å². The average molecular weight is 219 g/mol. The SMILES string of the molecule is CCOc1ccc(OC)cc1[B-](F)(F)F. The molecule has 0 saturated carbocycles. The van der Waals surface area contributed by atoms with Gasteiger partial charge in [-0.05, 0) is 25.1 Å². The van der Waals surface area contributed by atoms with Crippen molar-refractivity contribution in [2.24, 2.45) is 0 Å². The fraction of sp³-hybridized carbons (Fsp3) is 0.333. The summed E-state index contributed by atoms with van der Waals surface area (Å²) in [6, 6.07) is 3.66. The number of hydrogen-bond donors (Lipinski definition) is 0. The standard InChI is InChI=1S/C9H11BF3O2/c1-3-15-9-5-4-7(14-2)6-8(9)10(11,12)13/h4-6H,3H2,1-2H3/q-1. The fourth-order valence-electron chi connectivity index (χ4n) is 1.20. The van der Waals surface area contributed by atoms with E-state index in [0.717, 1.165) is 6.07 Å². The summed E-state index contributed by atoms with van der Waals surface area (Å²) in [7, 11) is 1.32. The molecule has 0 fully saturated rings. The summed E-state index contributed by atoms with van der Waals surface area (Å²) in [5, 5.41) is 0. The van der Waals surface area contributed by atoms with Gasteiger partial charge in [-0.15, -0.1) is 0 Å². The topological polar surface area (TPSA) is 18.5 Å². The lowest BCUT2D eigenvalue weighted by atomic mass is 9.79. The summed E-state index contributed by atoms with van der Waals surface area (Å²) < 4.78 is 47.5. The van der Waals surface area contributed by atoms with Crippen LogP contribution in [0.1, 0.15) is 6.92 Å². The van der Waals surface area contributed by atoms with Crippen molar-refractivity contribution in [2.75, 3.05) is 13.7 Å². The van der Waals surface area contributed by atoms with Crippen molar-refractivity contribution in [1.29, 1.82) is 0 Å². The lowest BCUT2D eigenvalue weighted by molar-refractivity contribution is 0.339. The summed E-state index contributed by atoms with van der Waals surface area (Å²) >= 11 is 0. The monoisotopic (exact) mass is 219 g/mol. The third-order valence-corrected chi connectivity index (χ3v) is 1.87. The van der Waals surface area contributed by atoms with Crippen LogP contribution < -0.4 is 14.9 Å². The van der Waals surface area contributed by atoms with Crippen LogP contribution in [0.4, 0.5) is 12.9 Å². The van der Waals surface area contributed by atoms with E-state index >= 15 is 0 Å². The first-order valence-electron chi connectivity index (χ1n) is 4.49. The molecule has 6 heteroatoms. The van der Waals surface area contributed by atoms with Crippen LogP contribution in [-0.4, -0.2) is 20.7 Å². The summed E-state index contributed by atoms with van der Waals surface area (Å²) in [6.07, 6.45) is 0. The molecule has 0 aliphatic rings. The second-order valence-corrected chi connectivity index (χ2v) is 2.91. The molecule has 0 bridgehead atoms. The first-order chi connectivity index (χ1) is 6.99. The Balaban J connectivity index is 3.16. The molecule has 1 aromatic rings. The van der Waals surface area contributed by atoms with Crippen molar-refractivity contribution in [1.82, 2.24) is 0 Å². The van der Waals surface area contributed by atoms with E-state index < -0.39 is 12.4 Å². The summed E-state index contributed by atoms with van der Waals surface area (Å²) in [4.78, 5) is 0. The summed E-state index contributed by atoms with van der Waals surface area (Å²) in [5.74, 6) is 0.0263. The van der Waals surface area contributed by atoms with E-state index in [0.29, 0.717) is 0 Å². The van der Waals surface area contributed by atoms with Crippen LogP contribution in [0.5, 0.6) is 11.5 Å². The van der Waals surface area contributed by atoms with Crippen molar-refractivity contribution >= 4 is 12.4 Å². The highest BCUT2D eigenvalue weighted by Gasteiger charge is 2.29. The molecular weight excluding hydrogens is 208 g/mol. The van der Waals surface area contributed by atoms with Gasteiger partial charge in [0.15, 0.2) is 0 Å². The van der Waals surface area contributed by atoms with Crippen LogP contribution in [0, 0.1) is 0 Å². The van der Waals surface area contributed by atoms with E-state index in [-0.39, 0.29) is 18.1 Å². The van der Waals surface area contributed by atoms with Gasteiger partial charge < -0.3 is 22.4 Å². The van der Waals surface area contributed by atoms with E-state index in [9.17, 15) is 12.9 Å². The molecule has 0 aromatic heterocycles. The minimum atomic E-state index is -5.08. The Kier molecular flexibility index (Phi) is 3.50. The molecule has 0 heterocycles. The molecule has 0 N–H and O–H groups in total. The highest BCUT2D eigenvalue weighted by atomic mass is 19.4. The number of benzene rings is 1. The van der Waals surface area contributed by atoms with E-state index in [1.54, 1.807) is 6.92 Å². The fourth-order valence-corrected chi connectivity index (χ4v) is 1.20. The molecule has 0 amide bonds. The van der Waals surface area contributed by atoms with Crippen LogP contribution in [0.15, 0.2) is 18.2 Å². The molecule has 84 valence electrons. The first-order valence-corrected chi connectivity index (χ1v) is 4.49. The lowest BCUT2D eigenvalue weighted by Crippen LogP contribution is -2.35. The third-order valence-electron chi connectivity index (χ3n) is 1.87. The van der Waals surface area contributed by atoms with Crippen LogP contribution in [0.25, 0.3) is 0 Å². The Bertz CT molecular complexity index is 339. The van der Waals surface area contributed by atoms with Gasteiger partial charge in [0.2, 0.25) is 0 Å². The molecule has 0 unspecified atom stereocenters. The summed E-state index contributed by atoms with van der Waals surface area (Å²) in [5.41, 5.74) is -0.754. The van der Waals surface area contributed by atoms with Crippen LogP contribution in [0.3, 0.4) is 0 Å². The highest BCUT2D eigenvalue weighted by molar-refractivity contribution is 6.74. The third kappa shape index (κ3) is 2.81. The molecule has 2 nitrogen and oxygen atoms in total. The zero-order chi connectivity index (χ0) is 11.5. The minimum Gasteiger partial charge on any atom is -0.497 e. The molecule has 0 aliphatic carbocycles. The number of ether oxygens (including phenoxy) is 2.